The Morgan fingerprint density at radius 2 is 1.89 bits per heavy atom. The summed E-state index contributed by atoms with van der Waals surface area (Å²) in [5, 5.41) is 9.59. The lowest BCUT2D eigenvalue weighted by Crippen LogP contribution is -2.41. The molecule has 2 fully saturated rings. The van der Waals surface area contributed by atoms with Crippen LogP contribution in [-0.2, 0) is 4.79 Å². The Bertz CT molecular complexity index is 472. The van der Waals surface area contributed by atoms with Crippen LogP contribution in [0.15, 0.2) is 24.3 Å². The standard InChI is InChI=1S/C15H20N2O2/c1-11-2-4-12(5-3-11)17-9-7-14(15(17)19)16-8-6-13(18)10-16/h2-5,13-14,18H,6-10H2,1H3/t13-,14?/m0/s1. The molecule has 0 spiro atoms. The second-order valence-corrected chi connectivity index (χ2v) is 5.57. The SMILES string of the molecule is Cc1ccc(N2CCC(N3CC[C@H](O)C3)C2=O)cc1. The Hall–Kier alpha value is -1.39. The molecule has 3 rings (SSSR count). The third-order valence-electron chi connectivity index (χ3n) is 4.16. The second-order valence-electron chi connectivity index (χ2n) is 5.57. The van der Waals surface area contributed by atoms with Crippen LogP contribution in [0.5, 0.6) is 0 Å². The zero-order valence-electron chi connectivity index (χ0n) is 11.2. The second kappa shape index (κ2) is 4.94. The summed E-state index contributed by atoms with van der Waals surface area (Å²) in [6.07, 6.45) is 1.38. The van der Waals surface area contributed by atoms with Gasteiger partial charge in [0.05, 0.1) is 12.1 Å². The predicted octanol–water partition coefficient (Wildman–Crippen LogP) is 1.17. The number of benzene rings is 1. The first-order valence-electron chi connectivity index (χ1n) is 6.95. The van der Waals surface area contributed by atoms with Crippen molar-refractivity contribution >= 4 is 11.6 Å². The number of hydrogen-bond donors (Lipinski definition) is 1. The van der Waals surface area contributed by atoms with Crippen molar-refractivity contribution in [1.29, 1.82) is 0 Å². The Morgan fingerprint density at radius 3 is 2.53 bits per heavy atom. The Balaban J connectivity index is 1.73. The van der Waals surface area contributed by atoms with E-state index >= 15 is 0 Å². The summed E-state index contributed by atoms with van der Waals surface area (Å²) in [5.41, 5.74) is 2.19. The maximum atomic E-state index is 12.5. The number of aliphatic hydroxyl groups excluding tert-OH is 1. The van der Waals surface area contributed by atoms with Gasteiger partial charge in [0.15, 0.2) is 0 Å². The highest BCUT2D eigenvalue weighted by molar-refractivity contribution is 5.99. The first-order valence-corrected chi connectivity index (χ1v) is 6.95. The van der Waals surface area contributed by atoms with Crippen LogP contribution >= 0.6 is 0 Å². The molecule has 0 radical (unpaired) electrons. The number of carbonyl (C=O) groups is 1. The molecular formula is C15H20N2O2. The molecule has 2 heterocycles. The lowest BCUT2D eigenvalue weighted by atomic mass is 10.2. The molecule has 1 unspecified atom stereocenters. The predicted molar refractivity (Wildman–Crippen MR) is 74.1 cm³/mol. The fourth-order valence-electron chi connectivity index (χ4n) is 3.04. The first-order chi connectivity index (χ1) is 9.15. The third kappa shape index (κ3) is 2.38. The molecule has 0 saturated carbocycles. The van der Waals surface area contributed by atoms with E-state index in [4.69, 9.17) is 0 Å². The highest BCUT2D eigenvalue weighted by atomic mass is 16.3. The summed E-state index contributed by atoms with van der Waals surface area (Å²) in [6.45, 7) is 4.29. The van der Waals surface area contributed by atoms with Gasteiger partial charge in [-0.3, -0.25) is 9.69 Å². The Labute approximate surface area is 113 Å². The lowest BCUT2D eigenvalue weighted by Gasteiger charge is -2.23. The maximum absolute atomic E-state index is 12.5. The maximum Gasteiger partial charge on any atom is 0.244 e. The van der Waals surface area contributed by atoms with Gasteiger partial charge in [-0.15, -0.1) is 0 Å². The highest BCUT2D eigenvalue weighted by Crippen LogP contribution is 2.26. The van der Waals surface area contributed by atoms with Crippen LogP contribution in [0.25, 0.3) is 0 Å². The molecule has 0 aromatic heterocycles. The number of anilines is 1. The van der Waals surface area contributed by atoms with Crippen LogP contribution in [0.3, 0.4) is 0 Å². The van der Waals surface area contributed by atoms with Crippen LogP contribution in [0.1, 0.15) is 18.4 Å². The van der Waals surface area contributed by atoms with Crippen LogP contribution < -0.4 is 4.90 Å². The largest absolute Gasteiger partial charge is 0.392 e. The van der Waals surface area contributed by atoms with Crippen LogP contribution in [0.4, 0.5) is 5.69 Å². The summed E-state index contributed by atoms with van der Waals surface area (Å²) in [4.78, 5) is 16.5. The van der Waals surface area contributed by atoms with E-state index in [2.05, 4.69) is 4.90 Å². The van der Waals surface area contributed by atoms with Crippen molar-refractivity contribution in [1.82, 2.24) is 4.90 Å². The molecule has 1 aromatic rings. The minimum Gasteiger partial charge on any atom is -0.392 e. The van der Waals surface area contributed by atoms with Crippen molar-refractivity contribution in [3.8, 4) is 0 Å². The monoisotopic (exact) mass is 260 g/mol. The van der Waals surface area contributed by atoms with E-state index in [0.717, 1.165) is 31.6 Å². The number of rotatable bonds is 2. The number of aryl methyl sites for hydroxylation is 1. The third-order valence-corrected chi connectivity index (χ3v) is 4.16. The van der Waals surface area contributed by atoms with E-state index in [9.17, 15) is 9.90 Å². The van der Waals surface area contributed by atoms with E-state index in [1.54, 1.807) is 0 Å². The first kappa shape index (κ1) is 12.6. The van der Waals surface area contributed by atoms with E-state index in [1.165, 1.54) is 5.56 Å². The zero-order chi connectivity index (χ0) is 13.4. The van der Waals surface area contributed by atoms with E-state index in [0.29, 0.717) is 6.54 Å². The number of nitrogens with zero attached hydrogens (tertiary/aromatic N) is 2. The molecule has 4 nitrogen and oxygen atoms in total. The van der Waals surface area contributed by atoms with Gasteiger partial charge in [0.25, 0.3) is 0 Å². The van der Waals surface area contributed by atoms with Crippen molar-refractivity contribution < 1.29 is 9.90 Å². The highest BCUT2D eigenvalue weighted by Gasteiger charge is 2.39. The molecule has 2 aliphatic rings. The number of β-amino-alcohol motifs (C(OH)–C–C–N with tert-alkyl or cyclic N) is 1. The number of likely N-dealkylation sites (tertiary alicyclic amines) is 1. The van der Waals surface area contributed by atoms with Crippen molar-refractivity contribution in [2.24, 2.45) is 0 Å². The summed E-state index contributed by atoms with van der Waals surface area (Å²) in [5.74, 6) is 0.179. The minimum absolute atomic E-state index is 0.0431. The summed E-state index contributed by atoms with van der Waals surface area (Å²) in [7, 11) is 0. The van der Waals surface area contributed by atoms with Crippen LogP contribution in [-0.4, -0.2) is 47.7 Å². The number of amides is 1. The fraction of sp³-hybridized carbons (Fsp3) is 0.533. The number of aliphatic hydroxyl groups is 1. The molecule has 4 heteroatoms. The molecular weight excluding hydrogens is 240 g/mol. The van der Waals surface area contributed by atoms with Crippen molar-refractivity contribution in [3.63, 3.8) is 0 Å². The summed E-state index contributed by atoms with van der Waals surface area (Å²) >= 11 is 0. The molecule has 2 saturated heterocycles. The summed E-state index contributed by atoms with van der Waals surface area (Å²) < 4.78 is 0. The number of carbonyl (C=O) groups excluding carboxylic acids is 1. The van der Waals surface area contributed by atoms with Crippen molar-refractivity contribution in [3.05, 3.63) is 29.8 Å². The molecule has 102 valence electrons. The molecule has 1 N–H and O–H groups in total. The van der Waals surface area contributed by atoms with Crippen LogP contribution in [0.2, 0.25) is 0 Å². The molecule has 19 heavy (non-hydrogen) atoms. The zero-order valence-corrected chi connectivity index (χ0v) is 11.2. The van der Waals surface area contributed by atoms with Gasteiger partial charge >= 0.3 is 0 Å². The fourth-order valence-corrected chi connectivity index (χ4v) is 3.04. The van der Waals surface area contributed by atoms with Gasteiger partial charge in [-0.25, -0.2) is 0 Å². The van der Waals surface area contributed by atoms with Gasteiger partial charge in [0.1, 0.15) is 0 Å². The average Bonchev–Trinajstić information content (AvgIpc) is 2.97. The van der Waals surface area contributed by atoms with E-state index in [-0.39, 0.29) is 18.1 Å². The van der Waals surface area contributed by atoms with Gasteiger partial charge in [0.2, 0.25) is 5.91 Å². The van der Waals surface area contributed by atoms with Gasteiger partial charge in [-0.05, 0) is 31.9 Å². The molecule has 2 atom stereocenters. The van der Waals surface area contributed by atoms with Crippen molar-refractivity contribution in [2.45, 2.75) is 31.9 Å². The van der Waals surface area contributed by atoms with E-state index in [1.807, 2.05) is 36.1 Å². The molecule has 1 amide bonds. The van der Waals surface area contributed by atoms with Crippen LogP contribution in [0, 0.1) is 6.92 Å². The normalized spacial score (nSPS) is 28.3. The minimum atomic E-state index is -0.263. The quantitative estimate of drug-likeness (QED) is 0.868. The number of hydrogen-bond acceptors (Lipinski definition) is 3. The van der Waals surface area contributed by atoms with Crippen molar-refractivity contribution in [2.75, 3.05) is 24.5 Å². The average molecular weight is 260 g/mol. The van der Waals surface area contributed by atoms with Gasteiger partial charge < -0.3 is 10.0 Å². The van der Waals surface area contributed by atoms with E-state index < -0.39 is 0 Å². The smallest absolute Gasteiger partial charge is 0.244 e. The van der Waals surface area contributed by atoms with Gasteiger partial charge in [-0.2, -0.15) is 0 Å². The Kier molecular flexibility index (Phi) is 3.29. The molecule has 2 aliphatic heterocycles. The molecule has 1 aromatic carbocycles. The topological polar surface area (TPSA) is 43.8 Å². The summed E-state index contributed by atoms with van der Waals surface area (Å²) in [6, 6.07) is 8.05. The van der Waals surface area contributed by atoms with Gasteiger partial charge in [-0.1, -0.05) is 17.7 Å². The van der Waals surface area contributed by atoms with Gasteiger partial charge in [0, 0.05) is 25.3 Å². The molecule has 0 aliphatic carbocycles. The lowest BCUT2D eigenvalue weighted by molar-refractivity contribution is -0.121. The molecule has 0 bridgehead atoms. The Morgan fingerprint density at radius 1 is 1.16 bits per heavy atom.